The zero-order valence-electron chi connectivity index (χ0n) is 9.52. The molecule has 1 aromatic heterocycles. The molecule has 5 heteroatoms. The van der Waals surface area contributed by atoms with Crippen molar-refractivity contribution < 1.29 is 9.90 Å². The molecule has 1 rings (SSSR count). The van der Waals surface area contributed by atoms with E-state index in [9.17, 15) is 4.79 Å². The molecule has 0 aromatic carbocycles. The predicted molar refractivity (Wildman–Crippen MR) is 62.2 cm³/mol. The molecule has 1 aromatic rings. The van der Waals surface area contributed by atoms with Crippen molar-refractivity contribution in [2.75, 3.05) is 13.2 Å². The van der Waals surface area contributed by atoms with Crippen molar-refractivity contribution in [2.24, 2.45) is 0 Å². The summed E-state index contributed by atoms with van der Waals surface area (Å²) in [6.07, 6.45) is 3.88. The number of nitriles is 1. The molecule has 5 nitrogen and oxygen atoms in total. The first-order valence-corrected chi connectivity index (χ1v) is 5.53. The van der Waals surface area contributed by atoms with E-state index in [2.05, 4.69) is 10.3 Å². The summed E-state index contributed by atoms with van der Waals surface area (Å²) in [7, 11) is 0. The Morgan fingerprint density at radius 3 is 2.82 bits per heavy atom. The van der Waals surface area contributed by atoms with Gasteiger partial charge in [-0.25, -0.2) is 4.98 Å². The summed E-state index contributed by atoms with van der Waals surface area (Å²) in [6.45, 7) is 0.770. The average molecular weight is 233 g/mol. The molecular formula is C12H15N3O2. The number of carbonyl (C=O) groups excluding carboxylic acids is 1. The number of aromatic nitrogens is 1. The summed E-state index contributed by atoms with van der Waals surface area (Å²) in [5.41, 5.74) is 0.746. The number of unbranched alkanes of at least 4 members (excludes halogenated alkanes) is 2. The van der Waals surface area contributed by atoms with Crippen molar-refractivity contribution in [1.82, 2.24) is 10.3 Å². The lowest BCUT2D eigenvalue weighted by Gasteiger charge is -2.04. The largest absolute Gasteiger partial charge is 0.396 e. The first kappa shape index (κ1) is 13.1. The van der Waals surface area contributed by atoms with Gasteiger partial charge in [-0.1, -0.05) is 0 Å². The SMILES string of the molecule is N#Cc1ccc(C(=O)NCCCCCO)cn1. The molecule has 0 spiro atoms. The number of nitrogens with one attached hydrogen (secondary N) is 1. The van der Waals surface area contributed by atoms with Crippen LogP contribution < -0.4 is 5.32 Å². The second kappa shape index (κ2) is 7.36. The Kier molecular flexibility index (Phi) is 5.69. The van der Waals surface area contributed by atoms with Gasteiger partial charge < -0.3 is 10.4 Å². The summed E-state index contributed by atoms with van der Waals surface area (Å²) in [6, 6.07) is 4.99. The van der Waals surface area contributed by atoms with Gasteiger partial charge in [0.1, 0.15) is 11.8 Å². The molecular weight excluding hydrogens is 218 g/mol. The number of aliphatic hydroxyl groups excluding tert-OH is 1. The fraction of sp³-hybridized carbons (Fsp3) is 0.417. The van der Waals surface area contributed by atoms with E-state index < -0.39 is 0 Å². The van der Waals surface area contributed by atoms with Crippen LogP contribution in [0.5, 0.6) is 0 Å². The van der Waals surface area contributed by atoms with Crippen LogP contribution in [0.25, 0.3) is 0 Å². The Morgan fingerprint density at radius 1 is 1.41 bits per heavy atom. The van der Waals surface area contributed by atoms with E-state index in [-0.39, 0.29) is 12.5 Å². The Hall–Kier alpha value is -1.93. The van der Waals surface area contributed by atoms with Crippen LogP contribution in [0.3, 0.4) is 0 Å². The lowest BCUT2D eigenvalue weighted by molar-refractivity contribution is 0.0952. The van der Waals surface area contributed by atoms with Crippen molar-refractivity contribution in [3.63, 3.8) is 0 Å². The van der Waals surface area contributed by atoms with Crippen molar-refractivity contribution in [2.45, 2.75) is 19.3 Å². The molecule has 90 valence electrons. The lowest BCUT2D eigenvalue weighted by atomic mass is 10.2. The fourth-order valence-electron chi connectivity index (χ4n) is 1.31. The summed E-state index contributed by atoms with van der Waals surface area (Å²) in [5, 5.41) is 19.9. The highest BCUT2D eigenvalue weighted by atomic mass is 16.2. The van der Waals surface area contributed by atoms with Crippen LogP contribution in [-0.2, 0) is 0 Å². The summed E-state index contributed by atoms with van der Waals surface area (Å²) >= 11 is 0. The smallest absolute Gasteiger partial charge is 0.252 e. The third kappa shape index (κ3) is 4.62. The summed E-state index contributed by atoms with van der Waals surface area (Å²) < 4.78 is 0. The van der Waals surface area contributed by atoms with Crippen LogP contribution in [0.15, 0.2) is 18.3 Å². The Balaban J connectivity index is 2.34. The molecule has 1 heterocycles. The summed E-state index contributed by atoms with van der Waals surface area (Å²) in [5.74, 6) is -0.189. The molecule has 0 aliphatic heterocycles. The Labute approximate surface area is 100 Å². The number of hydrogen-bond donors (Lipinski definition) is 2. The topological polar surface area (TPSA) is 86.0 Å². The highest BCUT2D eigenvalue weighted by molar-refractivity contribution is 5.93. The van der Waals surface area contributed by atoms with E-state index >= 15 is 0 Å². The molecule has 0 saturated carbocycles. The fourth-order valence-corrected chi connectivity index (χ4v) is 1.31. The maximum atomic E-state index is 11.6. The van der Waals surface area contributed by atoms with E-state index in [0.29, 0.717) is 17.8 Å². The van der Waals surface area contributed by atoms with Gasteiger partial charge in [-0.05, 0) is 31.4 Å². The third-order valence-electron chi connectivity index (χ3n) is 2.26. The minimum atomic E-state index is -0.189. The van der Waals surface area contributed by atoms with Gasteiger partial charge in [0.2, 0.25) is 0 Å². The molecule has 0 aliphatic carbocycles. The highest BCUT2D eigenvalue weighted by Gasteiger charge is 2.04. The first-order valence-electron chi connectivity index (χ1n) is 5.53. The summed E-state index contributed by atoms with van der Waals surface area (Å²) in [4.78, 5) is 15.4. The Bertz CT molecular complexity index is 395. The van der Waals surface area contributed by atoms with Gasteiger partial charge in [0.15, 0.2) is 0 Å². The van der Waals surface area contributed by atoms with E-state index in [4.69, 9.17) is 10.4 Å². The number of carbonyl (C=O) groups is 1. The molecule has 17 heavy (non-hydrogen) atoms. The zero-order chi connectivity index (χ0) is 12.5. The number of amides is 1. The molecule has 1 amide bonds. The molecule has 0 aliphatic rings. The van der Waals surface area contributed by atoms with Crippen LogP contribution in [0.2, 0.25) is 0 Å². The zero-order valence-corrected chi connectivity index (χ0v) is 9.52. The average Bonchev–Trinajstić information content (AvgIpc) is 2.38. The first-order chi connectivity index (χ1) is 8.27. The van der Waals surface area contributed by atoms with Gasteiger partial charge in [0.25, 0.3) is 5.91 Å². The van der Waals surface area contributed by atoms with E-state index in [0.717, 1.165) is 19.3 Å². The quantitative estimate of drug-likeness (QED) is 0.713. The predicted octanol–water partition coefficient (Wildman–Crippen LogP) is 0.846. The van der Waals surface area contributed by atoms with Crippen LogP contribution in [0, 0.1) is 11.3 Å². The molecule has 0 saturated heterocycles. The number of rotatable bonds is 6. The van der Waals surface area contributed by atoms with Gasteiger partial charge in [-0.15, -0.1) is 0 Å². The van der Waals surface area contributed by atoms with Crippen LogP contribution in [0.4, 0.5) is 0 Å². The van der Waals surface area contributed by atoms with Gasteiger partial charge >= 0.3 is 0 Å². The minimum absolute atomic E-state index is 0.188. The second-order valence-corrected chi connectivity index (χ2v) is 3.58. The number of pyridine rings is 1. The molecule has 0 fully saturated rings. The lowest BCUT2D eigenvalue weighted by Crippen LogP contribution is -2.24. The van der Waals surface area contributed by atoms with Crippen LogP contribution in [0.1, 0.15) is 35.3 Å². The van der Waals surface area contributed by atoms with Gasteiger partial charge in [0.05, 0.1) is 5.56 Å². The molecule has 0 atom stereocenters. The number of hydrogen-bond acceptors (Lipinski definition) is 4. The van der Waals surface area contributed by atoms with Crippen molar-refractivity contribution in [3.05, 3.63) is 29.6 Å². The van der Waals surface area contributed by atoms with Crippen LogP contribution >= 0.6 is 0 Å². The Morgan fingerprint density at radius 2 is 2.24 bits per heavy atom. The molecule has 2 N–H and O–H groups in total. The van der Waals surface area contributed by atoms with Gasteiger partial charge in [-0.2, -0.15) is 5.26 Å². The van der Waals surface area contributed by atoms with Crippen molar-refractivity contribution in [1.29, 1.82) is 5.26 Å². The van der Waals surface area contributed by atoms with Gasteiger partial charge in [-0.3, -0.25) is 4.79 Å². The maximum Gasteiger partial charge on any atom is 0.252 e. The van der Waals surface area contributed by atoms with E-state index in [1.165, 1.54) is 12.3 Å². The highest BCUT2D eigenvalue weighted by Crippen LogP contribution is 1.99. The monoisotopic (exact) mass is 233 g/mol. The minimum Gasteiger partial charge on any atom is -0.396 e. The van der Waals surface area contributed by atoms with E-state index in [1.54, 1.807) is 6.07 Å². The third-order valence-corrected chi connectivity index (χ3v) is 2.26. The molecule has 0 radical (unpaired) electrons. The van der Waals surface area contributed by atoms with E-state index in [1.807, 2.05) is 6.07 Å². The number of nitrogens with zero attached hydrogens (tertiary/aromatic N) is 2. The van der Waals surface area contributed by atoms with Crippen molar-refractivity contribution >= 4 is 5.91 Å². The standard InChI is InChI=1S/C12H15N3O2/c13-8-11-5-4-10(9-15-11)12(17)14-6-2-1-3-7-16/h4-5,9,16H,1-3,6-7H2,(H,14,17). The number of aliphatic hydroxyl groups is 1. The molecule has 0 unspecified atom stereocenters. The maximum absolute atomic E-state index is 11.6. The van der Waals surface area contributed by atoms with Crippen LogP contribution in [-0.4, -0.2) is 29.1 Å². The normalized spacial score (nSPS) is 9.65. The second-order valence-electron chi connectivity index (χ2n) is 3.58. The van der Waals surface area contributed by atoms with Gasteiger partial charge in [0, 0.05) is 19.3 Å². The van der Waals surface area contributed by atoms with Crippen molar-refractivity contribution in [3.8, 4) is 6.07 Å². The molecule has 0 bridgehead atoms.